The normalized spacial score (nSPS) is 17.0. The van der Waals surface area contributed by atoms with Gasteiger partial charge in [-0.2, -0.15) is 0 Å². The Labute approximate surface area is 177 Å². The highest BCUT2D eigenvalue weighted by Gasteiger charge is 2.26. The zero-order valence-corrected chi connectivity index (χ0v) is 17.7. The van der Waals surface area contributed by atoms with Crippen LogP contribution in [-0.2, 0) is 6.54 Å². The SMILES string of the molecule is COc1ccnc(CN2CCC[C@H](c3nc(C)ncc3-c3ccncc3)C2)c1OC. The highest BCUT2D eigenvalue weighted by molar-refractivity contribution is 5.65. The number of nitrogens with zero attached hydrogens (tertiary/aromatic N) is 5. The van der Waals surface area contributed by atoms with Gasteiger partial charge < -0.3 is 9.47 Å². The van der Waals surface area contributed by atoms with Gasteiger partial charge in [0.15, 0.2) is 11.5 Å². The molecule has 7 heteroatoms. The molecule has 0 saturated carbocycles. The van der Waals surface area contributed by atoms with E-state index in [0.29, 0.717) is 24.0 Å². The van der Waals surface area contributed by atoms with Crippen molar-refractivity contribution >= 4 is 0 Å². The van der Waals surface area contributed by atoms with E-state index in [1.807, 2.05) is 43.7 Å². The van der Waals surface area contributed by atoms with E-state index in [-0.39, 0.29) is 0 Å². The zero-order chi connectivity index (χ0) is 20.9. The Bertz CT molecular complexity index is 996. The van der Waals surface area contributed by atoms with Crippen LogP contribution >= 0.6 is 0 Å². The van der Waals surface area contributed by atoms with Crippen LogP contribution in [0.1, 0.15) is 36.0 Å². The molecule has 1 aliphatic rings. The fourth-order valence-electron chi connectivity index (χ4n) is 4.15. The molecule has 0 N–H and O–H groups in total. The van der Waals surface area contributed by atoms with Gasteiger partial charge >= 0.3 is 0 Å². The molecule has 1 saturated heterocycles. The molecule has 0 aromatic carbocycles. The monoisotopic (exact) mass is 405 g/mol. The van der Waals surface area contributed by atoms with Crippen LogP contribution in [-0.4, -0.2) is 52.1 Å². The van der Waals surface area contributed by atoms with Gasteiger partial charge in [-0.25, -0.2) is 9.97 Å². The minimum absolute atomic E-state index is 0.334. The van der Waals surface area contributed by atoms with Crippen LogP contribution < -0.4 is 9.47 Å². The predicted molar refractivity (Wildman–Crippen MR) is 115 cm³/mol. The topological polar surface area (TPSA) is 73.3 Å². The van der Waals surface area contributed by atoms with E-state index in [0.717, 1.165) is 54.3 Å². The first-order chi connectivity index (χ1) is 14.7. The molecule has 7 nitrogen and oxygen atoms in total. The van der Waals surface area contributed by atoms with Crippen molar-refractivity contribution in [3.8, 4) is 22.6 Å². The Morgan fingerprint density at radius 1 is 1.07 bits per heavy atom. The lowest BCUT2D eigenvalue weighted by molar-refractivity contribution is 0.193. The van der Waals surface area contributed by atoms with E-state index in [1.54, 1.807) is 20.4 Å². The number of rotatable bonds is 6. The number of likely N-dealkylation sites (tertiary alicyclic amines) is 1. The number of methoxy groups -OCH3 is 2. The lowest BCUT2D eigenvalue weighted by atomic mass is 9.90. The minimum Gasteiger partial charge on any atom is -0.493 e. The number of ether oxygens (including phenoxy) is 2. The van der Waals surface area contributed by atoms with E-state index in [9.17, 15) is 0 Å². The molecule has 4 heterocycles. The maximum Gasteiger partial charge on any atom is 0.183 e. The Balaban J connectivity index is 1.59. The van der Waals surface area contributed by atoms with Gasteiger partial charge in [0.1, 0.15) is 11.5 Å². The number of hydrogen-bond acceptors (Lipinski definition) is 7. The van der Waals surface area contributed by atoms with Gasteiger partial charge in [0.2, 0.25) is 0 Å². The molecule has 0 unspecified atom stereocenters. The maximum absolute atomic E-state index is 5.57. The molecule has 0 amide bonds. The molecule has 0 spiro atoms. The lowest BCUT2D eigenvalue weighted by Gasteiger charge is -2.33. The fraction of sp³-hybridized carbons (Fsp3) is 0.391. The van der Waals surface area contributed by atoms with Crippen LogP contribution in [0.3, 0.4) is 0 Å². The summed E-state index contributed by atoms with van der Waals surface area (Å²) < 4.78 is 11.0. The summed E-state index contributed by atoms with van der Waals surface area (Å²) in [5.74, 6) is 2.55. The largest absolute Gasteiger partial charge is 0.493 e. The summed E-state index contributed by atoms with van der Waals surface area (Å²) in [4.78, 5) is 20.4. The number of piperidine rings is 1. The highest BCUT2D eigenvalue weighted by atomic mass is 16.5. The van der Waals surface area contributed by atoms with Crippen LogP contribution in [0.2, 0.25) is 0 Å². The smallest absolute Gasteiger partial charge is 0.183 e. The number of hydrogen-bond donors (Lipinski definition) is 0. The summed E-state index contributed by atoms with van der Waals surface area (Å²) in [6, 6.07) is 5.86. The molecule has 3 aromatic rings. The molecular weight excluding hydrogens is 378 g/mol. The van der Waals surface area contributed by atoms with Gasteiger partial charge in [-0.15, -0.1) is 0 Å². The summed E-state index contributed by atoms with van der Waals surface area (Å²) >= 11 is 0. The zero-order valence-electron chi connectivity index (χ0n) is 17.7. The average Bonchev–Trinajstić information content (AvgIpc) is 2.79. The number of pyridine rings is 2. The lowest BCUT2D eigenvalue weighted by Crippen LogP contribution is -2.35. The first-order valence-corrected chi connectivity index (χ1v) is 10.2. The van der Waals surface area contributed by atoms with E-state index >= 15 is 0 Å². The molecule has 0 radical (unpaired) electrons. The Morgan fingerprint density at radius 2 is 1.90 bits per heavy atom. The third-order valence-corrected chi connectivity index (χ3v) is 5.56. The van der Waals surface area contributed by atoms with Gasteiger partial charge in [-0.05, 0) is 44.0 Å². The van der Waals surface area contributed by atoms with E-state index < -0.39 is 0 Å². The predicted octanol–water partition coefficient (Wildman–Crippen LogP) is 3.64. The van der Waals surface area contributed by atoms with E-state index in [4.69, 9.17) is 14.5 Å². The molecular formula is C23H27N5O2. The van der Waals surface area contributed by atoms with Crippen LogP contribution in [0.25, 0.3) is 11.1 Å². The van der Waals surface area contributed by atoms with Gasteiger partial charge in [0.05, 0.1) is 19.9 Å². The van der Waals surface area contributed by atoms with Gasteiger partial charge in [0.25, 0.3) is 0 Å². The second-order valence-electron chi connectivity index (χ2n) is 7.52. The van der Waals surface area contributed by atoms with Crippen molar-refractivity contribution in [2.24, 2.45) is 0 Å². The molecule has 0 aliphatic carbocycles. The molecule has 0 bridgehead atoms. The maximum atomic E-state index is 5.57. The third-order valence-electron chi connectivity index (χ3n) is 5.56. The Morgan fingerprint density at radius 3 is 2.67 bits per heavy atom. The molecule has 1 atom stereocenters. The van der Waals surface area contributed by atoms with E-state index in [2.05, 4.69) is 19.9 Å². The fourth-order valence-corrected chi connectivity index (χ4v) is 4.15. The van der Waals surface area contributed by atoms with Crippen molar-refractivity contribution in [1.82, 2.24) is 24.8 Å². The summed E-state index contributed by atoms with van der Waals surface area (Å²) in [6.45, 7) is 4.60. The minimum atomic E-state index is 0.334. The standard InChI is InChI=1S/C23H27N5O2/c1-16-26-13-19(17-6-9-24-10-7-17)22(27-16)18-5-4-12-28(14-18)15-20-23(30-3)21(29-2)8-11-25-20/h6-11,13,18H,4-5,12,14-15H2,1-3H3/t18-/m0/s1. The molecule has 156 valence electrons. The summed E-state index contributed by atoms with van der Waals surface area (Å²) in [5, 5.41) is 0. The highest BCUT2D eigenvalue weighted by Crippen LogP contribution is 2.35. The van der Waals surface area contributed by atoms with Gasteiger partial charge in [0, 0.05) is 55.4 Å². The van der Waals surface area contributed by atoms with Crippen LogP contribution in [0.5, 0.6) is 11.5 Å². The summed E-state index contributed by atoms with van der Waals surface area (Å²) in [7, 11) is 3.31. The van der Waals surface area contributed by atoms with E-state index in [1.165, 1.54) is 0 Å². The number of aryl methyl sites for hydroxylation is 1. The second-order valence-corrected chi connectivity index (χ2v) is 7.52. The second kappa shape index (κ2) is 9.17. The molecule has 30 heavy (non-hydrogen) atoms. The number of aromatic nitrogens is 4. The quantitative estimate of drug-likeness (QED) is 0.620. The van der Waals surface area contributed by atoms with Crippen LogP contribution in [0.15, 0.2) is 43.0 Å². The first kappa shape index (κ1) is 20.2. The van der Waals surface area contributed by atoms with Crippen molar-refractivity contribution in [2.75, 3.05) is 27.3 Å². The van der Waals surface area contributed by atoms with Gasteiger partial charge in [-0.1, -0.05) is 0 Å². The Kier molecular flexibility index (Phi) is 6.18. The first-order valence-electron chi connectivity index (χ1n) is 10.2. The van der Waals surface area contributed by atoms with Crippen LogP contribution in [0, 0.1) is 6.92 Å². The van der Waals surface area contributed by atoms with Crippen LogP contribution in [0.4, 0.5) is 0 Å². The molecule has 1 fully saturated rings. The van der Waals surface area contributed by atoms with Crippen molar-refractivity contribution < 1.29 is 9.47 Å². The molecule has 3 aromatic heterocycles. The van der Waals surface area contributed by atoms with Crippen molar-refractivity contribution in [3.63, 3.8) is 0 Å². The van der Waals surface area contributed by atoms with Crippen molar-refractivity contribution in [1.29, 1.82) is 0 Å². The van der Waals surface area contributed by atoms with Crippen molar-refractivity contribution in [3.05, 3.63) is 60.2 Å². The summed E-state index contributed by atoms with van der Waals surface area (Å²) in [6.07, 6.45) is 9.55. The van der Waals surface area contributed by atoms with Gasteiger partial charge in [-0.3, -0.25) is 14.9 Å². The molecule has 1 aliphatic heterocycles. The van der Waals surface area contributed by atoms with Crippen molar-refractivity contribution in [2.45, 2.75) is 32.2 Å². The Hall–Kier alpha value is -3.06. The average molecular weight is 406 g/mol. The molecule has 4 rings (SSSR count). The third kappa shape index (κ3) is 4.26. The summed E-state index contributed by atoms with van der Waals surface area (Å²) in [5.41, 5.74) is 4.20.